The minimum absolute atomic E-state index is 0.279. The normalized spacial score (nSPS) is 12.1. The van der Waals surface area contributed by atoms with E-state index >= 15 is 0 Å². The number of nitrogens with one attached hydrogen (secondary N) is 2. The third kappa shape index (κ3) is 7.47. The largest absolute Gasteiger partial charge is 0.444 e. The van der Waals surface area contributed by atoms with Crippen molar-refractivity contribution in [2.24, 2.45) is 0 Å². The number of amides is 1. The van der Waals surface area contributed by atoms with Gasteiger partial charge in [0.25, 0.3) is 0 Å². The van der Waals surface area contributed by atoms with Crippen molar-refractivity contribution in [3.05, 3.63) is 33.3 Å². The third-order valence-electron chi connectivity index (χ3n) is 2.84. The lowest BCUT2D eigenvalue weighted by atomic mass is 10.1. The molecule has 0 fully saturated rings. The molecule has 0 unspecified atom stereocenters. The lowest BCUT2D eigenvalue weighted by Crippen LogP contribution is -2.49. The van der Waals surface area contributed by atoms with Gasteiger partial charge < -0.3 is 15.4 Å². The molecule has 0 atom stereocenters. The van der Waals surface area contributed by atoms with E-state index in [9.17, 15) is 4.79 Å². The summed E-state index contributed by atoms with van der Waals surface area (Å²) in [6.45, 7) is 10.7. The number of benzene rings is 1. The van der Waals surface area contributed by atoms with Gasteiger partial charge in [0.1, 0.15) is 5.60 Å². The van der Waals surface area contributed by atoms with Crippen molar-refractivity contribution in [2.45, 2.75) is 52.3 Å². The van der Waals surface area contributed by atoms with Crippen LogP contribution >= 0.6 is 27.5 Å². The summed E-state index contributed by atoms with van der Waals surface area (Å²) >= 11 is 9.51. The molecule has 124 valence electrons. The van der Waals surface area contributed by atoms with Crippen LogP contribution in [0.3, 0.4) is 0 Å². The first-order chi connectivity index (χ1) is 9.98. The van der Waals surface area contributed by atoms with Crippen LogP contribution in [-0.2, 0) is 11.3 Å². The zero-order valence-corrected chi connectivity index (χ0v) is 16.1. The SMILES string of the molecule is CC(C)(CNC(=O)OC(C)(C)C)NCc1cc(Cl)ccc1Br. The van der Waals surface area contributed by atoms with Crippen molar-refractivity contribution in [2.75, 3.05) is 6.54 Å². The molecule has 0 spiro atoms. The van der Waals surface area contributed by atoms with Gasteiger partial charge in [0.05, 0.1) is 0 Å². The van der Waals surface area contributed by atoms with E-state index < -0.39 is 11.7 Å². The highest BCUT2D eigenvalue weighted by atomic mass is 79.9. The minimum atomic E-state index is -0.493. The van der Waals surface area contributed by atoms with Gasteiger partial charge in [0.2, 0.25) is 0 Å². The van der Waals surface area contributed by atoms with Gasteiger partial charge >= 0.3 is 6.09 Å². The molecule has 0 saturated carbocycles. The van der Waals surface area contributed by atoms with Gasteiger partial charge in [0, 0.05) is 28.1 Å². The number of alkyl carbamates (subject to hydrolysis) is 1. The molecule has 2 N–H and O–H groups in total. The molecule has 0 heterocycles. The lowest BCUT2D eigenvalue weighted by molar-refractivity contribution is 0.0513. The minimum Gasteiger partial charge on any atom is -0.444 e. The summed E-state index contributed by atoms with van der Waals surface area (Å²) in [5, 5.41) is 6.88. The summed E-state index contributed by atoms with van der Waals surface area (Å²) in [5.74, 6) is 0. The number of carbonyl (C=O) groups is 1. The van der Waals surface area contributed by atoms with E-state index in [1.54, 1.807) is 0 Å². The Morgan fingerprint density at radius 1 is 1.27 bits per heavy atom. The molecule has 1 amide bonds. The second-order valence-corrected chi connectivity index (χ2v) is 8.12. The monoisotopic (exact) mass is 390 g/mol. The molecule has 0 aliphatic rings. The highest BCUT2D eigenvalue weighted by molar-refractivity contribution is 9.10. The van der Waals surface area contributed by atoms with Crippen molar-refractivity contribution < 1.29 is 9.53 Å². The maximum absolute atomic E-state index is 11.7. The third-order valence-corrected chi connectivity index (χ3v) is 3.85. The fraction of sp³-hybridized carbons (Fsp3) is 0.562. The van der Waals surface area contributed by atoms with Crippen LogP contribution in [0.15, 0.2) is 22.7 Å². The molecule has 1 aromatic carbocycles. The molecular formula is C16H24BrClN2O2. The summed E-state index contributed by atoms with van der Waals surface area (Å²) in [7, 11) is 0. The Bertz CT molecular complexity index is 527. The van der Waals surface area contributed by atoms with Gasteiger partial charge in [-0.05, 0) is 58.4 Å². The molecule has 0 aliphatic carbocycles. The number of ether oxygens (including phenoxy) is 1. The predicted octanol–water partition coefficient (Wildman–Crippen LogP) is 4.50. The van der Waals surface area contributed by atoms with Crippen LogP contribution in [0.25, 0.3) is 0 Å². The lowest BCUT2D eigenvalue weighted by Gasteiger charge is -2.28. The van der Waals surface area contributed by atoms with Gasteiger partial charge in [-0.1, -0.05) is 27.5 Å². The second-order valence-electron chi connectivity index (χ2n) is 6.83. The van der Waals surface area contributed by atoms with Gasteiger partial charge in [0.15, 0.2) is 0 Å². The molecule has 4 nitrogen and oxygen atoms in total. The first-order valence-electron chi connectivity index (χ1n) is 7.14. The van der Waals surface area contributed by atoms with Crippen LogP contribution in [0.5, 0.6) is 0 Å². The van der Waals surface area contributed by atoms with Crippen molar-refractivity contribution in [1.29, 1.82) is 0 Å². The number of rotatable bonds is 5. The summed E-state index contributed by atoms with van der Waals surface area (Å²) in [6, 6.07) is 5.67. The van der Waals surface area contributed by atoms with Gasteiger partial charge in [-0.25, -0.2) is 4.79 Å². The Balaban J connectivity index is 2.50. The van der Waals surface area contributed by atoms with E-state index in [0.717, 1.165) is 10.0 Å². The highest BCUT2D eigenvalue weighted by Gasteiger charge is 2.21. The first kappa shape index (κ1) is 19.3. The average Bonchev–Trinajstić information content (AvgIpc) is 2.36. The van der Waals surface area contributed by atoms with Crippen molar-refractivity contribution in [3.63, 3.8) is 0 Å². The van der Waals surface area contributed by atoms with Gasteiger partial charge in [-0.15, -0.1) is 0 Å². The molecule has 0 bridgehead atoms. The molecular weight excluding hydrogens is 368 g/mol. The van der Waals surface area contributed by atoms with Crippen LogP contribution in [0, 0.1) is 0 Å². The van der Waals surface area contributed by atoms with Crippen LogP contribution in [-0.4, -0.2) is 23.8 Å². The van der Waals surface area contributed by atoms with E-state index in [4.69, 9.17) is 16.3 Å². The first-order valence-corrected chi connectivity index (χ1v) is 8.31. The van der Waals surface area contributed by atoms with Crippen LogP contribution < -0.4 is 10.6 Å². The van der Waals surface area contributed by atoms with E-state index in [0.29, 0.717) is 18.1 Å². The fourth-order valence-electron chi connectivity index (χ4n) is 1.68. The quantitative estimate of drug-likeness (QED) is 0.777. The molecule has 22 heavy (non-hydrogen) atoms. The van der Waals surface area contributed by atoms with Crippen LogP contribution in [0.4, 0.5) is 4.79 Å². The van der Waals surface area contributed by atoms with E-state index in [-0.39, 0.29) is 5.54 Å². The van der Waals surface area contributed by atoms with Gasteiger partial charge in [-0.2, -0.15) is 0 Å². The summed E-state index contributed by atoms with van der Waals surface area (Å²) in [6.07, 6.45) is -0.411. The molecule has 0 saturated heterocycles. The summed E-state index contributed by atoms with van der Waals surface area (Å²) < 4.78 is 6.23. The van der Waals surface area contributed by atoms with E-state index in [1.807, 2.05) is 52.8 Å². The topological polar surface area (TPSA) is 50.4 Å². The Kier molecular flexibility index (Phi) is 6.71. The molecule has 1 aromatic rings. The molecule has 0 aromatic heterocycles. The zero-order chi connectivity index (χ0) is 17.0. The Morgan fingerprint density at radius 2 is 1.91 bits per heavy atom. The molecule has 6 heteroatoms. The number of carbonyl (C=O) groups excluding carboxylic acids is 1. The van der Waals surface area contributed by atoms with Crippen LogP contribution in [0.1, 0.15) is 40.2 Å². The second kappa shape index (κ2) is 7.66. The smallest absolute Gasteiger partial charge is 0.407 e. The maximum atomic E-state index is 11.7. The summed E-state index contributed by atoms with van der Waals surface area (Å²) in [5.41, 5.74) is 0.296. The zero-order valence-electron chi connectivity index (χ0n) is 13.7. The average molecular weight is 392 g/mol. The predicted molar refractivity (Wildman–Crippen MR) is 94.3 cm³/mol. The van der Waals surface area contributed by atoms with Crippen molar-refractivity contribution in [1.82, 2.24) is 10.6 Å². The van der Waals surface area contributed by atoms with Crippen LogP contribution in [0.2, 0.25) is 5.02 Å². The summed E-state index contributed by atoms with van der Waals surface area (Å²) in [4.78, 5) is 11.7. The molecule has 0 aliphatic heterocycles. The van der Waals surface area contributed by atoms with Crippen molar-refractivity contribution in [3.8, 4) is 0 Å². The Hall–Kier alpha value is -0.780. The maximum Gasteiger partial charge on any atom is 0.407 e. The van der Waals surface area contributed by atoms with Crippen molar-refractivity contribution >= 4 is 33.6 Å². The van der Waals surface area contributed by atoms with E-state index in [2.05, 4.69) is 26.6 Å². The molecule has 0 radical (unpaired) electrons. The number of hydrogen-bond acceptors (Lipinski definition) is 3. The Morgan fingerprint density at radius 3 is 2.50 bits per heavy atom. The number of halogens is 2. The fourth-order valence-corrected chi connectivity index (χ4v) is 2.26. The van der Waals surface area contributed by atoms with Gasteiger partial charge in [-0.3, -0.25) is 0 Å². The van der Waals surface area contributed by atoms with E-state index in [1.165, 1.54) is 0 Å². The Labute approximate surface area is 146 Å². The standard InChI is InChI=1S/C16H24BrClN2O2/c1-15(2,3)22-14(21)19-10-16(4,5)20-9-11-8-12(18)6-7-13(11)17/h6-8,20H,9-10H2,1-5H3,(H,19,21). The number of hydrogen-bond donors (Lipinski definition) is 2. The highest BCUT2D eigenvalue weighted by Crippen LogP contribution is 2.21. The molecule has 1 rings (SSSR count).